The van der Waals surface area contributed by atoms with Crippen LogP contribution in [0.15, 0.2) is 40.8 Å². The summed E-state index contributed by atoms with van der Waals surface area (Å²) in [5.41, 5.74) is 1.97. The zero-order chi connectivity index (χ0) is 18.8. The van der Waals surface area contributed by atoms with Gasteiger partial charge in [0.1, 0.15) is 0 Å². The molecule has 4 rings (SSSR count). The van der Waals surface area contributed by atoms with Crippen LogP contribution in [0.4, 0.5) is 0 Å². The number of nitrogens with zero attached hydrogens (tertiary/aromatic N) is 4. The van der Waals surface area contributed by atoms with Crippen LogP contribution in [0.25, 0.3) is 0 Å². The second-order valence-corrected chi connectivity index (χ2v) is 7.86. The van der Waals surface area contributed by atoms with E-state index >= 15 is 0 Å². The Morgan fingerprint density at radius 2 is 1.89 bits per heavy atom. The molecule has 1 atom stereocenters. The molecule has 0 radical (unpaired) electrons. The van der Waals surface area contributed by atoms with Gasteiger partial charge in [-0.1, -0.05) is 30.3 Å². The summed E-state index contributed by atoms with van der Waals surface area (Å²) in [5.74, 6) is -0.0521. The number of amides is 2. The minimum atomic E-state index is -0.0893. The van der Waals surface area contributed by atoms with Crippen LogP contribution >= 0.6 is 11.3 Å². The van der Waals surface area contributed by atoms with Crippen LogP contribution in [-0.4, -0.2) is 46.0 Å². The van der Waals surface area contributed by atoms with E-state index in [4.69, 9.17) is 0 Å². The van der Waals surface area contributed by atoms with Gasteiger partial charge in [-0.2, -0.15) is 5.10 Å². The summed E-state index contributed by atoms with van der Waals surface area (Å²) in [5, 5.41) is 8.40. The van der Waals surface area contributed by atoms with Crippen LogP contribution in [0.5, 0.6) is 0 Å². The first-order valence-corrected chi connectivity index (χ1v) is 10.1. The van der Waals surface area contributed by atoms with Crippen molar-refractivity contribution in [2.45, 2.75) is 32.2 Å². The number of carbonyl (C=O) groups is 2. The molecule has 2 aliphatic heterocycles. The molecule has 0 aliphatic carbocycles. The quantitative estimate of drug-likeness (QED) is 0.818. The fraction of sp³-hybridized carbons (Fsp3) is 0.400. The average molecular weight is 382 g/mol. The van der Waals surface area contributed by atoms with Crippen LogP contribution in [0.3, 0.4) is 0 Å². The Balaban J connectivity index is 1.38. The van der Waals surface area contributed by atoms with Gasteiger partial charge in [-0.25, -0.2) is 9.99 Å². The number of rotatable bonds is 3. The molecule has 1 aromatic heterocycles. The van der Waals surface area contributed by atoms with E-state index in [1.165, 1.54) is 11.3 Å². The Kier molecular flexibility index (Phi) is 5.03. The largest absolute Gasteiger partial charge is 0.337 e. The molecule has 0 bridgehead atoms. The van der Waals surface area contributed by atoms with Crippen molar-refractivity contribution in [2.75, 3.05) is 13.1 Å². The lowest BCUT2D eigenvalue weighted by molar-refractivity contribution is -0.138. The van der Waals surface area contributed by atoms with Crippen molar-refractivity contribution in [3.05, 3.63) is 52.0 Å². The normalized spacial score (nSPS) is 20.3. The van der Waals surface area contributed by atoms with Crippen molar-refractivity contribution in [3.8, 4) is 0 Å². The fourth-order valence-corrected chi connectivity index (χ4v) is 4.44. The second-order valence-electron chi connectivity index (χ2n) is 7.00. The Bertz CT molecular complexity index is 856. The third kappa shape index (κ3) is 3.64. The molecule has 1 saturated heterocycles. The number of benzene rings is 1. The highest BCUT2D eigenvalue weighted by atomic mass is 32.1. The van der Waals surface area contributed by atoms with E-state index < -0.39 is 0 Å². The summed E-state index contributed by atoms with van der Waals surface area (Å²) in [7, 11) is 0. The van der Waals surface area contributed by atoms with E-state index in [1.54, 1.807) is 5.01 Å². The maximum atomic E-state index is 13.0. The maximum Gasteiger partial charge on any atom is 0.282 e. The first kappa shape index (κ1) is 17.9. The smallest absolute Gasteiger partial charge is 0.282 e. The molecular weight excluding hydrogens is 360 g/mol. The van der Waals surface area contributed by atoms with Crippen molar-refractivity contribution in [1.82, 2.24) is 14.9 Å². The van der Waals surface area contributed by atoms with Gasteiger partial charge in [0.15, 0.2) is 5.01 Å². The number of hydrogen-bond acceptors (Lipinski definition) is 5. The third-order valence-corrected chi connectivity index (χ3v) is 6.12. The monoisotopic (exact) mass is 382 g/mol. The topological polar surface area (TPSA) is 65.9 Å². The first-order chi connectivity index (χ1) is 13.1. The Morgan fingerprint density at radius 1 is 1.15 bits per heavy atom. The van der Waals surface area contributed by atoms with Gasteiger partial charge in [-0.15, -0.1) is 11.3 Å². The lowest BCUT2D eigenvalue weighted by Crippen LogP contribution is -2.43. The Hall–Kier alpha value is -2.54. The summed E-state index contributed by atoms with van der Waals surface area (Å²) in [6.07, 6.45) is 3.90. The lowest BCUT2D eigenvalue weighted by Gasteiger charge is -2.33. The number of aryl methyl sites for hydroxylation is 1. The number of carbonyl (C=O) groups excluding carboxylic acids is 2. The molecule has 27 heavy (non-hydrogen) atoms. The van der Waals surface area contributed by atoms with Crippen molar-refractivity contribution in [3.63, 3.8) is 0 Å². The molecule has 3 heterocycles. The van der Waals surface area contributed by atoms with Crippen LogP contribution in [-0.2, 0) is 4.79 Å². The van der Waals surface area contributed by atoms with Crippen molar-refractivity contribution in [1.29, 1.82) is 0 Å². The fourth-order valence-electron chi connectivity index (χ4n) is 3.68. The molecule has 1 unspecified atom stereocenters. The number of hydrazone groups is 1. The highest BCUT2D eigenvalue weighted by Gasteiger charge is 2.35. The van der Waals surface area contributed by atoms with Gasteiger partial charge in [0, 0.05) is 42.7 Å². The van der Waals surface area contributed by atoms with Gasteiger partial charge < -0.3 is 4.90 Å². The predicted octanol–water partition coefficient (Wildman–Crippen LogP) is 3.26. The minimum absolute atomic E-state index is 0.0170. The molecule has 2 aliphatic rings. The Morgan fingerprint density at radius 3 is 2.56 bits per heavy atom. The first-order valence-electron chi connectivity index (χ1n) is 9.25. The highest BCUT2D eigenvalue weighted by molar-refractivity contribution is 7.11. The molecule has 0 spiro atoms. The average Bonchev–Trinajstić information content (AvgIpc) is 3.37. The number of piperidine rings is 1. The van der Waals surface area contributed by atoms with E-state index in [2.05, 4.69) is 10.1 Å². The van der Waals surface area contributed by atoms with Gasteiger partial charge in [0.2, 0.25) is 5.91 Å². The second kappa shape index (κ2) is 7.60. The molecule has 1 fully saturated rings. The third-order valence-electron chi connectivity index (χ3n) is 5.17. The summed E-state index contributed by atoms with van der Waals surface area (Å²) in [4.78, 5) is 31.7. The van der Waals surface area contributed by atoms with E-state index in [0.717, 1.165) is 17.7 Å². The van der Waals surface area contributed by atoms with E-state index in [-0.39, 0.29) is 23.8 Å². The van der Waals surface area contributed by atoms with Crippen LogP contribution in [0, 0.1) is 12.8 Å². The van der Waals surface area contributed by atoms with Crippen LogP contribution < -0.4 is 0 Å². The van der Waals surface area contributed by atoms with Gasteiger partial charge in [-0.05, 0) is 25.3 Å². The van der Waals surface area contributed by atoms with Crippen molar-refractivity contribution < 1.29 is 9.59 Å². The molecule has 0 N–H and O–H groups in total. The highest BCUT2D eigenvalue weighted by Crippen LogP contribution is 2.31. The summed E-state index contributed by atoms with van der Waals surface area (Å²) >= 11 is 1.38. The minimum Gasteiger partial charge on any atom is -0.337 e. The Labute approximate surface area is 162 Å². The van der Waals surface area contributed by atoms with Crippen molar-refractivity contribution >= 4 is 29.4 Å². The van der Waals surface area contributed by atoms with Crippen LogP contribution in [0.2, 0.25) is 0 Å². The standard InChI is InChI=1S/C20H22N4O2S/c1-14-13-27-18(22-14)20(26)23-11-8-16(9-12-23)19(25)24-17(7-10-21-24)15-5-3-2-4-6-15/h2-6,10,13,16-17H,7-9,11-12H2,1H3. The van der Waals surface area contributed by atoms with Gasteiger partial charge >= 0.3 is 0 Å². The number of aromatic nitrogens is 1. The molecular formula is C20H22N4O2S. The molecule has 1 aromatic carbocycles. The van der Waals surface area contributed by atoms with E-state index in [1.807, 2.05) is 53.8 Å². The predicted molar refractivity (Wildman–Crippen MR) is 105 cm³/mol. The van der Waals surface area contributed by atoms with Crippen LogP contribution in [0.1, 0.15) is 46.4 Å². The summed E-state index contributed by atoms with van der Waals surface area (Å²) in [6.45, 7) is 3.06. The molecule has 140 valence electrons. The van der Waals surface area contributed by atoms with Gasteiger partial charge in [0.25, 0.3) is 5.91 Å². The summed E-state index contributed by atoms with van der Waals surface area (Å²) in [6, 6.07) is 10.0. The number of hydrogen-bond donors (Lipinski definition) is 0. The molecule has 6 nitrogen and oxygen atoms in total. The zero-order valence-corrected chi connectivity index (χ0v) is 16.1. The van der Waals surface area contributed by atoms with Gasteiger partial charge in [-0.3, -0.25) is 9.59 Å². The van der Waals surface area contributed by atoms with Crippen molar-refractivity contribution in [2.24, 2.45) is 11.0 Å². The molecule has 7 heteroatoms. The zero-order valence-electron chi connectivity index (χ0n) is 15.2. The number of likely N-dealkylation sites (tertiary alicyclic amines) is 1. The molecule has 2 aromatic rings. The SMILES string of the molecule is Cc1csc(C(=O)N2CCC(C(=O)N3N=CCC3c3ccccc3)CC2)n1. The number of thiazole rings is 1. The lowest BCUT2D eigenvalue weighted by atomic mass is 9.94. The maximum absolute atomic E-state index is 13.0. The van der Waals surface area contributed by atoms with E-state index in [9.17, 15) is 9.59 Å². The van der Waals surface area contributed by atoms with E-state index in [0.29, 0.717) is 30.9 Å². The molecule has 2 amide bonds. The summed E-state index contributed by atoms with van der Waals surface area (Å²) < 4.78 is 0. The van der Waals surface area contributed by atoms with Gasteiger partial charge in [0.05, 0.1) is 6.04 Å². The molecule has 0 saturated carbocycles.